The van der Waals surface area contributed by atoms with Gasteiger partial charge in [0.25, 0.3) is 5.91 Å². The van der Waals surface area contributed by atoms with E-state index < -0.39 is 0 Å². The van der Waals surface area contributed by atoms with E-state index in [0.29, 0.717) is 12.4 Å². The van der Waals surface area contributed by atoms with Crippen LogP contribution in [0.15, 0.2) is 30.3 Å². The van der Waals surface area contributed by atoms with Gasteiger partial charge in [-0.2, -0.15) is 9.67 Å². The Morgan fingerprint density at radius 3 is 2.88 bits per heavy atom. The molecule has 2 aromatic rings. The second-order valence-electron chi connectivity index (χ2n) is 3.91. The van der Waals surface area contributed by atoms with Crippen LogP contribution in [0.25, 0.3) is 0 Å². The van der Waals surface area contributed by atoms with E-state index in [1.807, 2.05) is 30.3 Å². The summed E-state index contributed by atoms with van der Waals surface area (Å²) in [6, 6.07) is 9.69. The zero-order chi connectivity index (χ0) is 11.8. The highest BCUT2D eigenvalue weighted by molar-refractivity contribution is 5.84. The molecular weight excluding hydrogens is 218 g/mol. The van der Waals surface area contributed by atoms with Crippen molar-refractivity contribution in [3.05, 3.63) is 35.9 Å². The average Bonchev–Trinajstić information content (AvgIpc) is 2.71. The van der Waals surface area contributed by atoms with E-state index in [1.54, 1.807) is 0 Å². The minimum atomic E-state index is -0.100. The molecule has 0 amide bonds. The van der Waals surface area contributed by atoms with Gasteiger partial charge >= 0.3 is 0 Å². The third kappa shape index (κ3) is 1.63. The fourth-order valence-corrected chi connectivity index (χ4v) is 1.95. The molecule has 0 aliphatic carbocycles. The van der Waals surface area contributed by atoms with Gasteiger partial charge in [0.15, 0.2) is 0 Å². The SMILES string of the molecule is Nc1nc2n(n1)C(=O)C[C@@H](c1ccccc1)N2. The van der Waals surface area contributed by atoms with Crippen molar-refractivity contribution in [2.24, 2.45) is 0 Å². The lowest BCUT2D eigenvalue weighted by molar-refractivity contribution is 0.0872. The third-order valence-electron chi connectivity index (χ3n) is 2.74. The maximum absolute atomic E-state index is 11.8. The Balaban J connectivity index is 1.96. The molecule has 17 heavy (non-hydrogen) atoms. The predicted octanol–water partition coefficient (Wildman–Crippen LogP) is 1.06. The second-order valence-corrected chi connectivity index (χ2v) is 3.91. The Morgan fingerprint density at radius 1 is 1.35 bits per heavy atom. The van der Waals surface area contributed by atoms with E-state index in [2.05, 4.69) is 15.4 Å². The van der Waals surface area contributed by atoms with Crippen LogP contribution in [-0.2, 0) is 0 Å². The van der Waals surface area contributed by atoms with Gasteiger partial charge < -0.3 is 11.1 Å². The molecule has 0 saturated carbocycles. The molecule has 6 nitrogen and oxygen atoms in total. The molecule has 3 rings (SSSR count). The Bertz CT molecular complexity index is 562. The summed E-state index contributed by atoms with van der Waals surface area (Å²) in [6.45, 7) is 0. The molecule has 1 aliphatic heterocycles. The quantitative estimate of drug-likeness (QED) is 0.763. The minimum Gasteiger partial charge on any atom is -0.366 e. The smallest absolute Gasteiger partial charge is 0.252 e. The molecule has 0 fully saturated rings. The highest BCUT2D eigenvalue weighted by Gasteiger charge is 2.27. The Morgan fingerprint density at radius 2 is 2.12 bits per heavy atom. The third-order valence-corrected chi connectivity index (χ3v) is 2.74. The topological polar surface area (TPSA) is 85.8 Å². The van der Waals surface area contributed by atoms with Crippen LogP contribution in [0.4, 0.5) is 11.9 Å². The van der Waals surface area contributed by atoms with E-state index in [4.69, 9.17) is 5.73 Å². The largest absolute Gasteiger partial charge is 0.366 e. The van der Waals surface area contributed by atoms with Gasteiger partial charge in [0.2, 0.25) is 11.9 Å². The molecule has 1 aromatic carbocycles. The zero-order valence-electron chi connectivity index (χ0n) is 9.00. The Kier molecular flexibility index (Phi) is 2.07. The van der Waals surface area contributed by atoms with Gasteiger partial charge in [-0.05, 0) is 5.56 Å². The van der Waals surface area contributed by atoms with Crippen LogP contribution in [0.2, 0.25) is 0 Å². The van der Waals surface area contributed by atoms with Gasteiger partial charge in [0, 0.05) is 0 Å². The van der Waals surface area contributed by atoms with Crippen LogP contribution in [0.1, 0.15) is 22.8 Å². The summed E-state index contributed by atoms with van der Waals surface area (Å²) >= 11 is 0. The number of rotatable bonds is 1. The van der Waals surface area contributed by atoms with Crippen molar-refractivity contribution in [1.29, 1.82) is 0 Å². The molecule has 3 N–H and O–H groups in total. The van der Waals surface area contributed by atoms with Crippen LogP contribution in [-0.4, -0.2) is 20.7 Å². The summed E-state index contributed by atoms with van der Waals surface area (Å²) in [7, 11) is 0. The second kappa shape index (κ2) is 3.58. The first-order valence-electron chi connectivity index (χ1n) is 5.31. The molecule has 0 bridgehead atoms. The first-order chi connectivity index (χ1) is 8.24. The van der Waals surface area contributed by atoms with Crippen LogP contribution >= 0.6 is 0 Å². The molecule has 1 atom stereocenters. The molecule has 0 spiro atoms. The highest BCUT2D eigenvalue weighted by atomic mass is 16.2. The van der Waals surface area contributed by atoms with E-state index in [0.717, 1.165) is 5.56 Å². The first kappa shape index (κ1) is 9.83. The number of nitrogens with two attached hydrogens (primary N) is 1. The summed E-state index contributed by atoms with van der Waals surface area (Å²) in [5, 5.41) is 6.98. The number of carbonyl (C=O) groups is 1. The number of nitrogen functional groups attached to an aromatic ring is 1. The lowest BCUT2D eigenvalue weighted by Crippen LogP contribution is -2.28. The number of benzene rings is 1. The van der Waals surface area contributed by atoms with Gasteiger partial charge in [-0.25, -0.2) is 0 Å². The number of aromatic nitrogens is 3. The maximum atomic E-state index is 11.8. The molecular formula is C11H11N5O. The number of nitrogens with one attached hydrogen (secondary N) is 1. The van der Waals surface area contributed by atoms with E-state index in [9.17, 15) is 4.79 Å². The summed E-state index contributed by atoms with van der Waals surface area (Å²) in [5.74, 6) is 0.416. The zero-order valence-corrected chi connectivity index (χ0v) is 9.00. The van der Waals surface area contributed by atoms with Crippen LogP contribution in [0.3, 0.4) is 0 Å². The van der Waals surface area contributed by atoms with Crippen molar-refractivity contribution in [2.75, 3.05) is 11.1 Å². The van der Waals surface area contributed by atoms with Crippen molar-refractivity contribution < 1.29 is 4.79 Å². The lowest BCUT2D eigenvalue weighted by Gasteiger charge is -2.23. The van der Waals surface area contributed by atoms with Crippen molar-refractivity contribution in [1.82, 2.24) is 14.8 Å². The van der Waals surface area contributed by atoms with Crippen LogP contribution in [0, 0.1) is 0 Å². The number of nitrogens with zero attached hydrogens (tertiary/aromatic N) is 3. The Hall–Kier alpha value is -2.37. The molecule has 0 radical (unpaired) electrons. The van der Waals surface area contributed by atoms with Gasteiger partial charge in [-0.15, -0.1) is 5.10 Å². The standard InChI is InChI=1S/C11H11N5O/c12-10-14-11-13-8(6-9(17)16(11)15-10)7-4-2-1-3-5-7/h1-5,8H,6H2,(H3,12,13,14,15)/t8-/m0/s1. The summed E-state index contributed by atoms with van der Waals surface area (Å²) in [6.07, 6.45) is 0.347. The minimum absolute atomic E-state index is 0.0696. The van der Waals surface area contributed by atoms with Crippen molar-refractivity contribution >= 4 is 17.8 Å². The normalized spacial score (nSPS) is 18.6. The van der Waals surface area contributed by atoms with Gasteiger partial charge in [0.1, 0.15) is 0 Å². The maximum Gasteiger partial charge on any atom is 0.252 e. The number of hydrogen-bond acceptors (Lipinski definition) is 5. The Labute approximate surface area is 97.5 Å². The number of carbonyl (C=O) groups excluding carboxylic acids is 1. The lowest BCUT2D eigenvalue weighted by atomic mass is 10.0. The number of fused-ring (bicyclic) bond motifs is 1. The summed E-state index contributed by atoms with van der Waals surface area (Å²) in [4.78, 5) is 15.8. The number of hydrogen-bond donors (Lipinski definition) is 2. The van der Waals surface area contributed by atoms with E-state index >= 15 is 0 Å². The molecule has 1 aromatic heterocycles. The van der Waals surface area contributed by atoms with Crippen molar-refractivity contribution in [3.63, 3.8) is 0 Å². The van der Waals surface area contributed by atoms with Crippen LogP contribution < -0.4 is 11.1 Å². The molecule has 6 heteroatoms. The van der Waals surface area contributed by atoms with E-state index in [1.165, 1.54) is 4.68 Å². The van der Waals surface area contributed by atoms with Gasteiger partial charge in [0.05, 0.1) is 12.5 Å². The van der Waals surface area contributed by atoms with Gasteiger partial charge in [-0.3, -0.25) is 4.79 Å². The van der Waals surface area contributed by atoms with Crippen molar-refractivity contribution in [3.8, 4) is 0 Å². The average molecular weight is 229 g/mol. The van der Waals surface area contributed by atoms with Gasteiger partial charge in [-0.1, -0.05) is 30.3 Å². The molecule has 0 saturated heterocycles. The highest BCUT2D eigenvalue weighted by Crippen LogP contribution is 2.27. The monoisotopic (exact) mass is 229 g/mol. The predicted molar refractivity (Wildman–Crippen MR) is 62.5 cm³/mol. The van der Waals surface area contributed by atoms with Crippen molar-refractivity contribution in [2.45, 2.75) is 12.5 Å². The summed E-state index contributed by atoms with van der Waals surface area (Å²) in [5.41, 5.74) is 6.52. The molecule has 1 aliphatic rings. The number of anilines is 2. The molecule has 0 unspecified atom stereocenters. The molecule has 86 valence electrons. The van der Waals surface area contributed by atoms with E-state index in [-0.39, 0.29) is 17.9 Å². The fraction of sp³-hybridized carbons (Fsp3) is 0.182. The first-order valence-corrected chi connectivity index (χ1v) is 5.31. The molecule has 2 heterocycles. The summed E-state index contributed by atoms with van der Waals surface area (Å²) < 4.78 is 1.22. The fourth-order valence-electron chi connectivity index (χ4n) is 1.95. The van der Waals surface area contributed by atoms with Crippen LogP contribution in [0.5, 0.6) is 0 Å².